The predicted octanol–water partition coefficient (Wildman–Crippen LogP) is 6.61. The number of carbonyl (C=O) groups is 1. The van der Waals surface area contributed by atoms with E-state index >= 15 is 0 Å². The minimum absolute atomic E-state index is 0.120. The maximum atomic E-state index is 11.4. The summed E-state index contributed by atoms with van der Waals surface area (Å²) < 4.78 is 6.33. The standard InChI is InChI=1S/C26H21ClN4O2S2/c1-16(32)29-18-7-9-19(10-8-18)31-25(24(30-26(31)34)21-4-2-3-15-28-21)22-13-14-23(33-22)35-20-11-5-17(27)6-12-20/h2-15,24-25H,1H3,(H,29,32)(H,30,34)/t24-,25-/m1/s1. The second kappa shape index (κ2) is 10.1. The molecule has 2 N–H and O–H groups in total. The SMILES string of the molecule is CC(=O)Nc1ccc(N2C(=S)N[C@H](c3ccccn3)[C@H]2c2ccc(Sc3ccc(Cl)cc3)o2)cc1. The average molecular weight is 521 g/mol. The number of aromatic nitrogens is 1. The van der Waals surface area contributed by atoms with Gasteiger partial charge in [0.1, 0.15) is 11.8 Å². The number of anilines is 2. The van der Waals surface area contributed by atoms with E-state index in [9.17, 15) is 4.79 Å². The lowest BCUT2D eigenvalue weighted by molar-refractivity contribution is -0.114. The predicted molar refractivity (Wildman–Crippen MR) is 143 cm³/mol. The molecular weight excluding hydrogens is 500 g/mol. The Balaban J connectivity index is 1.49. The fourth-order valence-corrected chi connectivity index (χ4v) is 5.25. The van der Waals surface area contributed by atoms with Gasteiger partial charge in [-0.2, -0.15) is 0 Å². The zero-order chi connectivity index (χ0) is 24.4. The summed E-state index contributed by atoms with van der Waals surface area (Å²) in [5, 5.41) is 8.25. The van der Waals surface area contributed by atoms with Crippen molar-refractivity contribution in [3.8, 4) is 0 Å². The van der Waals surface area contributed by atoms with Crippen molar-refractivity contribution in [2.24, 2.45) is 0 Å². The van der Waals surface area contributed by atoms with Gasteiger partial charge in [0.2, 0.25) is 5.91 Å². The van der Waals surface area contributed by atoms with Gasteiger partial charge in [-0.25, -0.2) is 0 Å². The highest BCUT2D eigenvalue weighted by atomic mass is 35.5. The van der Waals surface area contributed by atoms with Crippen LogP contribution in [-0.4, -0.2) is 16.0 Å². The van der Waals surface area contributed by atoms with Crippen LogP contribution in [0.5, 0.6) is 0 Å². The fourth-order valence-electron chi connectivity index (χ4n) is 4.00. The Morgan fingerprint density at radius 3 is 2.54 bits per heavy atom. The third-order valence-electron chi connectivity index (χ3n) is 5.49. The fraction of sp³-hybridized carbons (Fsp3) is 0.115. The number of nitrogens with zero attached hydrogens (tertiary/aromatic N) is 2. The molecule has 0 unspecified atom stereocenters. The number of amides is 1. The summed E-state index contributed by atoms with van der Waals surface area (Å²) in [5.41, 5.74) is 2.46. The largest absolute Gasteiger partial charge is 0.452 e. The molecule has 4 aromatic rings. The molecular formula is C26H21ClN4O2S2. The summed E-state index contributed by atoms with van der Waals surface area (Å²) in [6.07, 6.45) is 1.77. The van der Waals surface area contributed by atoms with Gasteiger partial charge in [-0.15, -0.1) is 0 Å². The minimum Gasteiger partial charge on any atom is -0.452 e. The molecule has 0 saturated carbocycles. The second-order valence-corrected chi connectivity index (χ2v) is 9.84. The summed E-state index contributed by atoms with van der Waals surface area (Å²) in [7, 11) is 0. The number of furan rings is 1. The van der Waals surface area contributed by atoms with Crippen molar-refractivity contribution in [2.75, 3.05) is 10.2 Å². The van der Waals surface area contributed by atoms with Gasteiger partial charge in [-0.3, -0.25) is 9.78 Å². The van der Waals surface area contributed by atoms with E-state index in [1.165, 1.54) is 18.7 Å². The first-order chi connectivity index (χ1) is 17.0. The highest BCUT2D eigenvalue weighted by molar-refractivity contribution is 7.99. The van der Waals surface area contributed by atoms with Crippen molar-refractivity contribution in [3.63, 3.8) is 0 Å². The molecule has 2 atom stereocenters. The first-order valence-corrected chi connectivity index (χ1v) is 12.5. The van der Waals surface area contributed by atoms with Gasteiger partial charge in [-0.1, -0.05) is 29.4 Å². The summed E-state index contributed by atoms with van der Waals surface area (Å²) in [6, 6.07) is 24.5. The molecule has 0 spiro atoms. The summed E-state index contributed by atoms with van der Waals surface area (Å²) >= 11 is 13.3. The molecule has 1 saturated heterocycles. The zero-order valence-electron chi connectivity index (χ0n) is 18.6. The number of pyridine rings is 1. The van der Waals surface area contributed by atoms with Gasteiger partial charge < -0.3 is 20.0 Å². The van der Waals surface area contributed by atoms with E-state index < -0.39 is 0 Å². The molecule has 2 aromatic carbocycles. The molecule has 0 radical (unpaired) electrons. The quantitative estimate of drug-likeness (QED) is 0.277. The zero-order valence-corrected chi connectivity index (χ0v) is 21.0. The number of thiocarbonyl (C=S) groups is 1. The highest BCUT2D eigenvalue weighted by Gasteiger charge is 2.42. The van der Waals surface area contributed by atoms with E-state index in [1.807, 2.05) is 83.8 Å². The van der Waals surface area contributed by atoms with Crippen molar-refractivity contribution >= 4 is 58.0 Å². The van der Waals surface area contributed by atoms with Crippen LogP contribution in [0.2, 0.25) is 5.02 Å². The lowest BCUT2D eigenvalue weighted by Gasteiger charge is -2.26. The molecule has 2 aromatic heterocycles. The van der Waals surface area contributed by atoms with Crippen molar-refractivity contribution < 1.29 is 9.21 Å². The number of benzene rings is 2. The van der Waals surface area contributed by atoms with Gasteiger partial charge in [0.15, 0.2) is 10.2 Å². The Kier molecular flexibility index (Phi) is 6.77. The van der Waals surface area contributed by atoms with Crippen LogP contribution in [0, 0.1) is 0 Å². The third kappa shape index (κ3) is 5.19. The van der Waals surface area contributed by atoms with E-state index in [-0.39, 0.29) is 18.0 Å². The van der Waals surface area contributed by atoms with Crippen molar-refractivity contribution in [1.29, 1.82) is 0 Å². The van der Waals surface area contributed by atoms with Gasteiger partial charge in [0.05, 0.1) is 11.7 Å². The lowest BCUT2D eigenvalue weighted by Crippen LogP contribution is -2.29. The number of rotatable bonds is 6. The van der Waals surface area contributed by atoms with E-state index in [0.717, 1.165) is 32.8 Å². The smallest absolute Gasteiger partial charge is 0.221 e. The molecule has 5 rings (SSSR count). The Labute approximate surface area is 217 Å². The first kappa shape index (κ1) is 23.4. The molecule has 176 valence electrons. The molecule has 1 amide bonds. The van der Waals surface area contributed by atoms with Crippen molar-refractivity contribution in [2.45, 2.75) is 29.0 Å². The maximum Gasteiger partial charge on any atom is 0.221 e. The summed E-state index contributed by atoms with van der Waals surface area (Å²) in [4.78, 5) is 19.0. The normalized spacial score (nSPS) is 17.3. The Hall–Kier alpha value is -3.33. The average Bonchev–Trinajstić information content (AvgIpc) is 3.45. The van der Waals surface area contributed by atoms with Crippen LogP contribution in [-0.2, 0) is 4.79 Å². The Bertz CT molecular complexity index is 1340. The monoisotopic (exact) mass is 520 g/mol. The Morgan fingerprint density at radius 2 is 1.86 bits per heavy atom. The molecule has 6 nitrogen and oxygen atoms in total. The molecule has 1 fully saturated rings. The number of hydrogen-bond acceptors (Lipinski definition) is 5. The van der Waals surface area contributed by atoms with E-state index in [1.54, 1.807) is 6.20 Å². The Morgan fingerprint density at radius 1 is 1.09 bits per heavy atom. The highest BCUT2D eigenvalue weighted by Crippen LogP contribution is 2.43. The van der Waals surface area contributed by atoms with Crippen LogP contribution in [0.15, 0.2) is 99.5 Å². The molecule has 35 heavy (non-hydrogen) atoms. The van der Waals surface area contributed by atoms with Gasteiger partial charge in [0.25, 0.3) is 0 Å². The summed E-state index contributed by atoms with van der Waals surface area (Å²) in [5.74, 6) is 0.640. The van der Waals surface area contributed by atoms with Crippen molar-refractivity contribution in [1.82, 2.24) is 10.3 Å². The van der Waals surface area contributed by atoms with E-state index in [4.69, 9.17) is 28.2 Å². The van der Waals surface area contributed by atoms with Crippen molar-refractivity contribution in [3.05, 3.63) is 102 Å². The lowest BCUT2D eigenvalue weighted by atomic mass is 10.0. The molecule has 9 heteroatoms. The van der Waals surface area contributed by atoms with Crippen LogP contribution < -0.4 is 15.5 Å². The molecule has 1 aliphatic rings. The maximum absolute atomic E-state index is 11.4. The van der Waals surface area contributed by atoms with E-state index in [2.05, 4.69) is 15.6 Å². The van der Waals surface area contributed by atoms with Gasteiger partial charge in [-0.05, 0) is 85.0 Å². The molecule has 1 aliphatic heterocycles. The number of carbonyl (C=O) groups excluding carboxylic acids is 1. The molecule has 0 bridgehead atoms. The number of nitrogens with one attached hydrogen (secondary N) is 2. The van der Waals surface area contributed by atoms with Crippen LogP contribution >= 0.6 is 35.6 Å². The number of halogens is 1. The van der Waals surface area contributed by atoms with Gasteiger partial charge in [0, 0.05) is 34.4 Å². The topological polar surface area (TPSA) is 70.4 Å². The second-order valence-electron chi connectivity index (χ2n) is 7.94. The van der Waals surface area contributed by atoms with Crippen LogP contribution in [0.4, 0.5) is 11.4 Å². The van der Waals surface area contributed by atoms with E-state index in [0.29, 0.717) is 10.1 Å². The number of hydrogen-bond donors (Lipinski definition) is 2. The summed E-state index contributed by atoms with van der Waals surface area (Å²) in [6.45, 7) is 1.48. The van der Waals surface area contributed by atoms with Crippen LogP contribution in [0.25, 0.3) is 0 Å². The van der Waals surface area contributed by atoms with Crippen LogP contribution in [0.1, 0.15) is 30.5 Å². The molecule has 3 heterocycles. The van der Waals surface area contributed by atoms with Gasteiger partial charge >= 0.3 is 0 Å². The molecule has 0 aliphatic carbocycles. The third-order valence-corrected chi connectivity index (χ3v) is 6.98. The first-order valence-electron chi connectivity index (χ1n) is 10.9. The van der Waals surface area contributed by atoms with Crippen LogP contribution in [0.3, 0.4) is 0 Å². The minimum atomic E-state index is -0.261.